The molecule has 0 saturated heterocycles. The lowest BCUT2D eigenvalue weighted by Crippen LogP contribution is -2.53. The number of Topliss-reactive ketones (excluding diaryl/α,β-unsaturated/α-hetero) is 1. The van der Waals surface area contributed by atoms with Crippen molar-refractivity contribution in [1.29, 1.82) is 0 Å². The number of primary amides is 1. The van der Waals surface area contributed by atoms with Crippen LogP contribution in [-0.2, 0) is 48.3 Å². The van der Waals surface area contributed by atoms with Crippen LogP contribution < -0.4 is 78.7 Å². The van der Waals surface area contributed by atoms with E-state index in [2.05, 4.69) is 93.2 Å². The van der Waals surface area contributed by atoms with Gasteiger partial charge in [0, 0.05) is 104 Å². The third-order valence-electron chi connectivity index (χ3n) is 20.1. The molecular formula is C77H86Br2Cl7F4N13O19S3. The van der Waals surface area contributed by atoms with E-state index in [4.69, 9.17) is 100 Å². The van der Waals surface area contributed by atoms with Crippen molar-refractivity contribution in [1.82, 2.24) is 50.8 Å². The minimum Gasteiger partial charge on any atom is -0.507 e. The van der Waals surface area contributed by atoms with Crippen molar-refractivity contribution in [3.63, 3.8) is 0 Å². The van der Waals surface area contributed by atoms with Gasteiger partial charge in [-0.05, 0) is 183 Å². The summed E-state index contributed by atoms with van der Waals surface area (Å²) in [6, 6.07) is 17.6. The maximum Gasteiger partial charge on any atom is 0.349 e. The van der Waals surface area contributed by atoms with Gasteiger partial charge in [-0.1, -0.05) is 114 Å². The lowest BCUT2D eigenvalue weighted by molar-refractivity contribution is -0.125. The number of urea groups is 1. The second-order valence-electron chi connectivity index (χ2n) is 30.0. The molecule has 1 heterocycles. The molecule has 14 rings (SSSR count). The quantitative estimate of drug-likeness (QED) is 0.0177. The Morgan fingerprint density at radius 3 is 1.30 bits per heavy atom. The zero-order valence-electron chi connectivity index (χ0n) is 65.9. The molecule has 125 heavy (non-hydrogen) atoms. The van der Waals surface area contributed by atoms with E-state index in [-0.39, 0.29) is 129 Å². The van der Waals surface area contributed by atoms with Crippen LogP contribution in [0.4, 0.5) is 22.4 Å². The maximum atomic E-state index is 13.1. The van der Waals surface area contributed by atoms with E-state index in [0.29, 0.717) is 75.8 Å². The third kappa shape index (κ3) is 29.6. The number of rotatable bonds is 26. The number of H-pyrrole nitrogens is 1. The van der Waals surface area contributed by atoms with Gasteiger partial charge in [0.25, 0.3) is 33.4 Å². The number of carbonyl (C=O) groups excluding carboxylic acids is 5. The van der Waals surface area contributed by atoms with Gasteiger partial charge >= 0.3 is 11.7 Å². The van der Waals surface area contributed by atoms with Gasteiger partial charge in [-0.15, -0.1) is 0 Å². The van der Waals surface area contributed by atoms with Crippen LogP contribution in [-0.4, -0.2) is 154 Å². The molecule has 7 fully saturated rings. The molecule has 3 atom stereocenters. The number of nitrogens with two attached hydrogens (primary N) is 3. The second-order valence-corrected chi connectivity index (χ2v) is 40.2. The van der Waals surface area contributed by atoms with Gasteiger partial charge in [0.15, 0.2) is 22.9 Å². The number of phenolic OH excluding ortho intramolecular Hbond substituents is 3. The number of sulfonamides is 2. The summed E-state index contributed by atoms with van der Waals surface area (Å²) in [5, 5.41) is 47.8. The highest BCUT2D eigenvalue weighted by Crippen LogP contribution is 2.45. The van der Waals surface area contributed by atoms with Crippen LogP contribution in [0.1, 0.15) is 121 Å². The summed E-state index contributed by atoms with van der Waals surface area (Å²) in [4.78, 5) is 79.5. The van der Waals surface area contributed by atoms with Crippen LogP contribution >= 0.6 is 112 Å². The molecule has 48 heteroatoms. The summed E-state index contributed by atoms with van der Waals surface area (Å²) in [7, 11) is -2.96. The molecule has 17 N–H and O–H groups in total. The Balaban J connectivity index is 0.000000185. The van der Waals surface area contributed by atoms with Crippen LogP contribution in [0.3, 0.4) is 0 Å². The number of carbonyl (C=O) groups is 5. The molecule has 0 radical (unpaired) electrons. The minimum absolute atomic E-state index is 0.0363. The van der Waals surface area contributed by atoms with E-state index in [1.807, 2.05) is 0 Å². The number of benzene rings is 6. The number of hydrogen-bond acceptors (Lipinski definition) is 24. The number of nitrogens with zero attached hydrogens (tertiary/aromatic N) is 2. The highest BCUT2D eigenvalue weighted by atomic mass is 79.9. The monoisotopic (exact) mass is 2070 g/mol. The Bertz CT molecular complexity index is 5530. The number of aromatic nitrogens is 3. The average Bonchev–Trinajstić information content (AvgIpc) is 1.69. The first-order valence-corrected chi connectivity index (χ1v) is 47.5. The molecule has 0 aliphatic heterocycles. The van der Waals surface area contributed by atoms with Gasteiger partial charge in [0.05, 0.1) is 35.8 Å². The van der Waals surface area contributed by atoms with Crippen molar-refractivity contribution in [2.75, 3.05) is 14.1 Å². The van der Waals surface area contributed by atoms with Crippen LogP contribution in [0.25, 0.3) is 5.69 Å². The number of halogens is 13. The van der Waals surface area contributed by atoms with Crippen LogP contribution in [0.5, 0.6) is 51.7 Å². The number of ketones is 1. The normalized spacial score (nSPS) is 20.2. The molecule has 7 aliphatic rings. The number of imide groups is 1. The summed E-state index contributed by atoms with van der Waals surface area (Å²) in [5.41, 5.74) is 10.9. The van der Waals surface area contributed by atoms with E-state index < -0.39 is 104 Å². The average molecular weight is 2080 g/mol. The Morgan fingerprint density at radius 1 is 0.560 bits per heavy atom. The van der Waals surface area contributed by atoms with Crippen LogP contribution in [0.2, 0.25) is 30.1 Å². The van der Waals surface area contributed by atoms with Gasteiger partial charge in [0.2, 0.25) is 31.9 Å². The van der Waals surface area contributed by atoms with Crippen molar-refractivity contribution in [3.8, 4) is 57.4 Å². The number of aromatic hydroxyl groups is 3. The Hall–Kier alpha value is -7.40. The van der Waals surface area contributed by atoms with Crippen molar-refractivity contribution >= 4 is 171 Å². The number of likely N-dealkylation sites (N-methyl/N-ethyl adjacent to an activating group) is 2. The first kappa shape index (κ1) is 101. The molecule has 7 aromatic rings. The molecule has 7 saturated carbocycles. The fourth-order valence-electron chi connectivity index (χ4n) is 12.9. The molecule has 5 amide bonds. The van der Waals surface area contributed by atoms with Crippen molar-refractivity contribution in [2.24, 2.45) is 40.9 Å². The lowest BCUT2D eigenvalue weighted by atomic mass is 9.77. The van der Waals surface area contributed by atoms with Gasteiger partial charge < -0.3 is 68.0 Å². The number of hydrogen-bond donors (Lipinski definition) is 14. The van der Waals surface area contributed by atoms with E-state index in [1.165, 1.54) is 61.3 Å². The van der Waals surface area contributed by atoms with Gasteiger partial charge in [0.1, 0.15) is 61.0 Å². The summed E-state index contributed by atoms with van der Waals surface area (Å²) in [6.45, 7) is 0. The van der Waals surface area contributed by atoms with Gasteiger partial charge in [-0.3, -0.25) is 34.3 Å². The smallest absolute Gasteiger partial charge is 0.349 e. The largest absolute Gasteiger partial charge is 0.507 e. The van der Waals surface area contributed by atoms with E-state index in [1.54, 1.807) is 29.2 Å². The number of aromatic amines is 1. The highest BCUT2D eigenvalue weighted by Gasteiger charge is 2.41. The SMILES string of the molecule is CN[C@@H]1CCCC[C@H]1NC.NC(=O)NC(=O)C(N)C(F)F.NC1CC(NC(=O)C2CC2)C1.O=C(CC1CC(NS(=O)(=O)c2cc(Oc3c(Cl)cc(-n4nc(C(F)F)c(=O)[nH]c4=O)cc3Cl)ccc2O)C1)C1CC1.O=C(NC1CC(NS(=O)(=O)c2cc(Oc3c(Cl)cc(Br)cc3Cl)ccc2O)C1)C1CC1.O=S(=O)(Cl)c1cc(Oc2c(Cl)cc(Br)cc2Cl)ccc1O. The first-order chi connectivity index (χ1) is 58.7. The third-order valence-corrected chi connectivity index (χ3v) is 27.2. The Labute approximate surface area is 765 Å². The molecule has 1 unspecified atom stereocenters. The second kappa shape index (κ2) is 44.7. The zero-order valence-corrected chi connectivity index (χ0v) is 76.8. The number of phenols is 3. The highest BCUT2D eigenvalue weighted by molar-refractivity contribution is 9.10. The summed E-state index contributed by atoms with van der Waals surface area (Å²) < 4.78 is 147. The number of amides is 5. The number of ether oxygens (including phenoxy) is 3. The predicted octanol–water partition coefficient (Wildman–Crippen LogP) is 13.4. The molecule has 6 aromatic carbocycles. The van der Waals surface area contributed by atoms with Crippen molar-refractivity contribution in [3.05, 3.63) is 157 Å². The number of alkyl halides is 4. The Kier molecular flexibility index (Phi) is 36.3. The van der Waals surface area contributed by atoms with E-state index >= 15 is 0 Å². The predicted molar refractivity (Wildman–Crippen MR) is 466 cm³/mol. The fraction of sp³-hybridized carbons (Fsp3) is 0.429. The standard InChI is InChI=1S/C25H22Cl2F2N4O7S.C20H19BrCl2N2O5S.C12H6BrCl3O4S.C8H14N2O.C8H18N2.C4H7F2N3O2/c26-16-8-14(33-25(37)30-24(36)21(31-33)23(28)29)9-17(27)22(16)40-15-3-4-18(34)20(10-15)41(38,39)32-13-5-11(6-13)7-19(35)12-1-2-12;21-11-5-15(22)19(16(23)6-11)30-14-3-4-17(26)18(9-14)31(28,29)25-13-7-12(8-13)24-20(27)10-1-2-10;13-6-3-8(14)12(9(15)4-6)20-7-1-2-10(17)11(5-7)21(16,18)19;9-6-3-7(4-6)10-8(11)5-1-2-5;1-9-7-5-3-4-6-8(7)10-2;5-2(6)1(7)3(10)9-4(8)11/h3-4,8-13,23,32,34H,1-2,5-7H2,(H,30,36,37);3-6,9-10,12-13,25-26H,1-2,7-8H2,(H,24,27);1-5,17H;5-7H,1-4,9H2,(H,10,11);7-10H,3-6H2,1-2H3;1-2H,7H2,(H3,8,9,10,11)/t;;;;7-,8-;/m....1./s1. The molecule has 0 spiro atoms. The van der Waals surface area contributed by atoms with E-state index in [9.17, 15) is 91.7 Å². The molecular weight excluding hydrogens is 1990 g/mol. The summed E-state index contributed by atoms with van der Waals surface area (Å²) in [5.74, 6) is -1.12. The molecule has 0 bridgehead atoms. The van der Waals surface area contributed by atoms with Gasteiger partial charge in [-0.25, -0.2) is 61.8 Å². The zero-order chi connectivity index (χ0) is 92.0. The van der Waals surface area contributed by atoms with E-state index in [0.717, 1.165) is 87.8 Å². The summed E-state index contributed by atoms with van der Waals surface area (Å²) >= 11 is 43.4. The first-order valence-electron chi connectivity index (χ1n) is 38.4. The number of nitrogens with one attached hydrogen (secondary N) is 8. The molecule has 32 nitrogen and oxygen atoms in total. The van der Waals surface area contributed by atoms with Crippen molar-refractivity contribution in [2.45, 2.75) is 185 Å². The minimum atomic E-state index is -4.17. The molecule has 682 valence electrons. The fourth-order valence-corrected chi connectivity index (χ4v) is 19.7. The summed E-state index contributed by atoms with van der Waals surface area (Å²) in [6.07, 6.45) is 9.47. The molecule has 1 aromatic heterocycles. The molecule has 7 aliphatic carbocycles. The van der Waals surface area contributed by atoms with Gasteiger partial charge in [-0.2, -0.15) is 9.78 Å². The van der Waals surface area contributed by atoms with Crippen molar-refractivity contribution < 1.29 is 96.3 Å². The lowest BCUT2D eigenvalue weighted by Gasteiger charge is -2.36. The Morgan fingerprint density at radius 2 is 0.936 bits per heavy atom. The van der Waals surface area contributed by atoms with Crippen LogP contribution in [0, 0.1) is 23.7 Å². The topological polar surface area (TPSA) is 506 Å². The maximum absolute atomic E-state index is 13.1. The van der Waals surface area contributed by atoms with Crippen LogP contribution in [0.15, 0.2) is 124 Å².